The molecule has 0 fully saturated rings. The van der Waals surface area contributed by atoms with E-state index in [2.05, 4.69) is 25.7 Å². The van der Waals surface area contributed by atoms with Crippen LogP contribution in [-0.4, -0.2) is 11.3 Å². The Morgan fingerprint density at radius 2 is 1.63 bits per heavy atom. The van der Waals surface area contributed by atoms with E-state index in [4.69, 9.17) is 0 Å². The van der Waals surface area contributed by atoms with Crippen molar-refractivity contribution in [2.24, 2.45) is 0 Å². The highest BCUT2D eigenvalue weighted by Gasteiger charge is 2.43. The minimum absolute atomic E-state index is 0.172. The molecule has 0 aliphatic heterocycles. The van der Waals surface area contributed by atoms with Crippen LogP contribution in [0.5, 0.6) is 5.88 Å². The third-order valence-electron chi connectivity index (χ3n) is 1.74. The highest BCUT2D eigenvalue weighted by molar-refractivity contribution is 9.10. The van der Waals surface area contributed by atoms with Crippen LogP contribution in [0.4, 0.5) is 35.1 Å². The Morgan fingerprint density at radius 1 is 1.11 bits per heavy atom. The van der Waals surface area contributed by atoms with Gasteiger partial charge in [-0.25, -0.2) is 13.8 Å². The van der Waals surface area contributed by atoms with Crippen molar-refractivity contribution in [1.29, 1.82) is 0 Å². The third-order valence-corrected chi connectivity index (χ3v) is 2.59. The molecule has 1 heterocycles. The summed E-state index contributed by atoms with van der Waals surface area (Å²) in [4.78, 5) is 2.64. The van der Waals surface area contributed by atoms with Crippen LogP contribution in [0.3, 0.4) is 0 Å². The van der Waals surface area contributed by atoms with Crippen molar-refractivity contribution in [3.8, 4) is 5.88 Å². The highest BCUT2D eigenvalue weighted by Crippen LogP contribution is 2.44. The molecule has 2 nitrogen and oxygen atoms in total. The van der Waals surface area contributed by atoms with Crippen molar-refractivity contribution in [1.82, 2.24) is 4.98 Å². The molecule has 0 saturated heterocycles. The van der Waals surface area contributed by atoms with Gasteiger partial charge in [-0.1, -0.05) is 0 Å². The zero-order valence-corrected chi connectivity index (χ0v) is 10.00. The lowest BCUT2D eigenvalue weighted by Gasteiger charge is -2.17. The quantitative estimate of drug-likeness (QED) is 0.714. The van der Waals surface area contributed by atoms with E-state index >= 15 is 0 Å². The second-order valence-corrected chi connectivity index (χ2v) is 3.85. The molecule has 1 rings (SSSR count). The molecule has 0 saturated carbocycles. The Bertz CT molecular complexity index is 469. The number of halogens is 9. The molecule has 0 bridgehead atoms. The van der Waals surface area contributed by atoms with E-state index in [1.165, 1.54) is 0 Å². The average molecular weight is 360 g/mol. The molecule has 108 valence electrons. The number of alkyl halides is 8. The number of nitrogens with zero attached hydrogens (tertiary/aromatic N) is 1. The predicted molar refractivity (Wildman–Crippen MR) is 48.6 cm³/mol. The van der Waals surface area contributed by atoms with Crippen molar-refractivity contribution < 1.29 is 39.9 Å². The van der Waals surface area contributed by atoms with E-state index in [1.54, 1.807) is 0 Å². The third kappa shape index (κ3) is 3.91. The molecule has 0 amide bonds. The molecule has 1 aromatic heterocycles. The second-order valence-electron chi connectivity index (χ2n) is 3.05. The Morgan fingerprint density at radius 3 is 2.00 bits per heavy atom. The van der Waals surface area contributed by atoms with E-state index in [9.17, 15) is 35.1 Å². The minimum Gasteiger partial charge on any atom is -0.387 e. The zero-order valence-electron chi connectivity index (χ0n) is 8.41. The van der Waals surface area contributed by atoms with Gasteiger partial charge in [0.15, 0.2) is 0 Å². The van der Waals surface area contributed by atoms with Crippen molar-refractivity contribution in [3.63, 3.8) is 0 Å². The first-order valence-electron chi connectivity index (χ1n) is 4.23. The van der Waals surface area contributed by atoms with Gasteiger partial charge in [-0.2, -0.15) is 13.2 Å². The standard InChI is InChI=1S/C8H2BrF8NO/c9-4-2(5(10)11)1-18-6(19-8(15,16)17)3(4)7(12,13)14/h1,5H. The topological polar surface area (TPSA) is 22.1 Å². The predicted octanol–water partition coefficient (Wildman–Crippen LogP) is 4.70. The zero-order chi connectivity index (χ0) is 15.0. The van der Waals surface area contributed by atoms with Crippen LogP contribution < -0.4 is 4.74 Å². The van der Waals surface area contributed by atoms with Crippen molar-refractivity contribution >= 4 is 15.9 Å². The fraction of sp³-hybridized carbons (Fsp3) is 0.375. The molecule has 0 atom stereocenters. The number of hydrogen-bond acceptors (Lipinski definition) is 2. The number of ether oxygens (including phenoxy) is 1. The molecular weight excluding hydrogens is 358 g/mol. The lowest BCUT2D eigenvalue weighted by Crippen LogP contribution is -2.22. The summed E-state index contributed by atoms with van der Waals surface area (Å²) in [5, 5.41) is 0. The molecule has 1 aromatic rings. The largest absolute Gasteiger partial charge is 0.574 e. The van der Waals surface area contributed by atoms with Crippen molar-refractivity contribution in [2.45, 2.75) is 19.0 Å². The summed E-state index contributed by atoms with van der Waals surface area (Å²) in [7, 11) is 0. The van der Waals surface area contributed by atoms with Gasteiger partial charge in [-0.15, -0.1) is 13.2 Å². The number of hydrogen-bond donors (Lipinski definition) is 0. The van der Waals surface area contributed by atoms with Crippen LogP contribution in [0.2, 0.25) is 0 Å². The molecule has 19 heavy (non-hydrogen) atoms. The Labute approximate surface area is 108 Å². The molecule has 0 spiro atoms. The van der Waals surface area contributed by atoms with Gasteiger partial charge in [0.2, 0.25) is 5.88 Å². The van der Waals surface area contributed by atoms with Gasteiger partial charge >= 0.3 is 12.5 Å². The normalized spacial score (nSPS) is 12.9. The number of aromatic nitrogens is 1. The summed E-state index contributed by atoms with van der Waals surface area (Å²) in [6.07, 6.45) is -14.0. The first-order chi connectivity index (χ1) is 8.43. The van der Waals surface area contributed by atoms with Gasteiger partial charge in [0.05, 0.1) is 5.56 Å². The monoisotopic (exact) mass is 359 g/mol. The lowest BCUT2D eigenvalue weighted by molar-refractivity contribution is -0.278. The average Bonchev–Trinajstić information content (AvgIpc) is 2.11. The van der Waals surface area contributed by atoms with E-state index < -0.39 is 40.4 Å². The molecule has 0 unspecified atom stereocenters. The van der Waals surface area contributed by atoms with E-state index in [-0.39, 0.29) is 6.20 Å². The van der Waals surface area contributed by atoms with Crippen molar-refractivity contribution in [3.05, 3.63) is 21.8 Å². The second kappa shape index (κ2) is 5.10. The lowest BCUT2D eigenvalue weighted by atomic mass is 10.2. The van der Waals surface area contributed by atoms with E-state index in [0.29, 0.717) is 0 Å². The van der Waals surface area contributed by atoms with Crippen LogP contribution in [0.1, 0.15) is 17.6 Å². The van der Waals surface area contributed by atoms with Gasteiger partial charge in [0.1, 0.15) is 5.56 Å². The summed E-state index contributed by atoms with van der Waals surface area (Å²) in [5.74, 6) is -1.85. The molecule has 0 radical (unpaired) electrons. The molecule has 0 aromatic carbocycles. The fourth-order valence-electron chi connectivity index (χ4n) is 1.07. The first kappa shape index (κ1) is 15.9. The molecule has 11 heteroatoms. The maximum absolute atomic E-state index is 12.6. The summed E-state index contributed by atoms with van der Waals surface area (Å²) < 4.78 is 100.0. The Kier molecular flexibility index (Phi) is 4.27. The number of rotatable bonds is 2. The Hall–Kier alpha value is -1.13. The van der Waals surface area contributed by atoms with Crippen LogP contribution in [0.25, 0.3) is 0 Å². The Balaban J connectivity index is 3.45. The van der Waals surface area contributed by atoms with Gasteiger partial charge in [-0.05, 0) is 15.9 Å². The van der Waals surface area contributed by atoms with Crippen LogP contribution >= 0.6 is 15.9 Å². The molecule has 0 N–H and O–H groups in total. The summed E-state index contributed by atoms with van der Waals surface area (Å²) in [6.45, 7) is 0. The SMILES string of the molecule is FC(F)c1cnc(OC(F)(F)F)c(C(F)(F)F)c1Br. The van der Waals surface area contributed by atoms with Crippen LogP contribution in [0.15, 0.2) is 10.7 Å². The van der Waals surface area contributed by atoms with Crippen LogP contribution in [0, 0.1) is 0 Å². The van der Waals surface area contributed by atoms with E-state index in [0.717, 1.165) is 0 Å². The smallest absolute Gasteiger partial charge is 0.387 e. The summed E-state index contributed by atoms with van der Waals surface area (Å²) >= 11 is 2.19. The summed E-state index contributed by atoms with van der Waals surface area (Å²) in [5.41, 5.74) is -3.25. The van der Waals surface area contributed by atoms with Gasteiger partial charge in [0, 0.05) is 10.7 Å². The van der Waals surface area contributed by atoms with Gasteiger partial charge in [0.25, 0.3) is 6.43 Å². The van der Waals surface area contributed by atoms with Gasteiger partial charge in [-0.3, -0.25) is 0 Å². The van der Waals surface area contributed by atoms with Crippen LogP contribution in [-0.2, 0) is 6.18 Å². The van der Waals surface area contributed by atoms with E-state index in [1.807, 2.05) is 0 Å². The first-order valence-corrected chi connectivity index (χ1v) is 5.02. The molecule has 0 aliphatic carbocycles. The molecule has 0 aliphatic rings. The summed E-state index contributed by atoms with van der Waals surface area (Å²) in [6, 6.07) is 0. The van der Waals surface area contributed by atoms with Crippen molar-refractivity contribution in [2.75, 3.05) is 0 Å². The molecular formula is C8H2BrF8NO. The maximum atomic E-state index is 12.6. The number of pyridine rings is 1. The van der Waals surface area contributed by atoms with Gasteiger partial charge < -0.3 is 4.74 Å². The fourth-order valence-corrected chi connectivity index (χ4v) is 1.74. The highest BCUT2D eigenvalue weighted by atomic mass is 79.9. The maximum Gasteiger partial charge on any atom is 0.574 e. The minimum atomic E-state index is -5.43.